The first kappa shape index (κ1) is 21.4. The standard InChI is InChI=1S/C21H13Cl2N3O6/c22-12-3-6-18(17(7-12)26(29)30)32-13-4-1-11(2-5-13)21(28)25-15-9-19-16(8-14(15)23)24-20(27)10-31-19/h1-9H,10H2,(H,24,27)(H,25,28). The number of nitro groups is 1. The molecule has 0 unspecified atom stereocenters. The second kappa shape index (κ2) is 8.74. The molecule has 2 N–H and O–H groups in total. The van der Waals surface area contributed by atoms with Gasteiger partial charge in [0.25, 0.3) is 11.8 Å². The lowest BCUT2D eigenvalue weighted by atomic mass is 10.2. The van der Waals surface area contributed by atoms with Gasteiger partial charge in [-0.3, -0.25) is 19.7 Å². The highest BCUT2D eigenvalue weighted by Crippen LogP contribution is 2.37. The maximum atomic E-state index is 12.6. The molecule has 4 rings (SSSR count). The molecule has 3 aromatic rings. The summed E-state index contributed by atoms with van der Waals surface area (Å²) in [4.78, 5) is 34.6. The SMILES string of the molecule is O=C1COc2cc(NC(=O)c3ccc(Oc4ccc(Cl)cc4[N+](=O)[O-])cc3)c(Cl)cc2N1. The van der Waals surface area contributed by atoms with Crippen LogP contribution in [0.25, 0.3) is 0 Å². The zero-order chi connectivity index (χ0) is 22.8. The number of nitro benzene ring substituents is 1. The molecule has 0 atom stereocenters. The van der Waals surface area contributed by atoms with Gasteiger partial charge in [-0.2, -0.15) is 0 Å². The van der Waals surface area contributed by atoms with Crippen molar-refractivity contribution in [1.29, 1.82) is 0 Å². The number of nitrogens with zero attached hydrogens (tertiary/aromatic N) is 1. The highest BCUT2D eigenvalue weighted by atomic mass is 35.5. The number of rotatable bonds is 5. The Kier molecular flexibility index (Phi) is 5.85. The van der Waals surface area contributed by atoms with Gasteiger partial charge in [0.2, 0.25) is 5.75 Å². The van der Waals surface area contributed by atoms with Gasteiger partial charge in [-0.05, 0) is 42.5 Å². The third-order valence-corrected chi connectivity index (χ3v) is 4.96. The predicted molar refractivity (Wildman–Crippen MR) is 118 cm³/mol. The third kappa shape index (κ3) is 4.58. The highest BCUT2D eigenvalue weighted by molar-refractivity contribution is 6.34. The number of fused-ring (bicyclic) bond motifs is 1. The summed E-state index contributed by atoms with van der Waals surface area (Å²) in [5, 5.41) is 16.9. The summed E-state index contributed by atoms with van der Waals surface area (Å²) < 4.78 is 10.9. The van der Waals surface area contributed by atoms with Crippen molar-refractivity contribution in [2.75, 3.05) is 17.2 Å². The first-order valence-electron chi connectivity index (χ1n) is 9.09. The molecule has 2 amide bonds. The molecule has 0 bridgehead atoms. The molecule has 0 fully saturated rings. The molecule has 1 aliphatic heterocycles. The molecule has 0 aromatic heterocycles. The van der Waals surface area contributed by atoms with E-state index >= 15 is 0 Å². The van der Waals surface area contributed by atoms with Crippen LogP contribution in [-0.4, -0.2) is 23.3 Å². The van der Waals surface area contributed by atoms with Crippen molar-refractivity contribution in [1.82, 2.24) is 0 Å². The second-order valence-corrected chi connectivity index (χ2v) is 7.46. The third-order valence-electron chi connectivity index (χ3n) is 4.41. The number of carbonyl (C=O) groups is 2. The summed E-state index contributed by atoms with van der Waals surface area (Å²) in [6.07, 6.45) is 0. The molecule has 0 radical (unpaired) electrons. The van der Waals surface area contributed by atoms with Crippen molar-refractivity contribution < 1.29 is 24.0 Å². The topological polar surface area (TPSA) is 120 Å². The number of halogens is 2. The molecule has 1 aliphatic rings. The smallest absolute Gasteiger partial charge is 0.313 e. The average Bonchev–Trinajstić information content (AvgIpc) is 2.76. The van der Waals surface area contributed by atoms with Gasteiger partial charge in [-0.15, -0.1) is 0 Å². The van der Waals surface area contributed by atoms with E-state index in [4.69, 9.17) is 32.7 Å². The average molecular weight is 474 g/mol. The van der Waals surface area contributed by atoms with E-state index in [0.717, 1.165) is 0 Å². The summed E-state index contributed by atoms with van der Waals surface area (Å²) in [7, 11) is 0. The molecule has 9 nitrogen and oxygen atoms in total. The van der Waals surface area contributed by atoms with Crippen LogP contribution in [0.5, 0.6) is 17.2 Å². The first-order chi connectivity index (χ1) is 15.3. The first-order valence-corrected chi connectivity index (χ1v) is 9.85. The fourth-order valence-electron chi connectivity index (χ4n) is 2.91. The Morgan fingerprint density at radius 2 is 1.88 bits per heavy atom. The Morgan fingerprint density at radius 1 is 1.12 bits per heavy atom. The van der Waals surface area contributed by atoms with Crippen molar-refractivity contribution in [2.45, 2.75) is 0 Å². The summed E-state index contributed by atoms with van der Waals surface area (Å²) in [6, 6.07) is 13.1. The molecule has 162 valence electrons. The maximum absolute atomic E-state index is 12.6. The molecular formula is C21H13Cl2N3O6. The zero-order valence-electron chi connectivity index (χ0n) is 16.1. The molecule has 0 spiro atoms. The fourth-order valence-corrected chi connectivity index (χ4v) is 3.29. The number of ether oxygens (including phenoxy) is 2. The monoisotopic (exact) mass is 473 g/mol. The summed E-state index contributed by atoms with van der Waals surface area (Å²) >= 11 is 12.0. The molecule has 3 aromatic carbocycles. The summed E-state index contributed by atoms with van der Waals surface area (Å²) in [5.41, 5.74) is 0.747. The minimum atomic E-state index is -0.597. The van der Waals surface area contributed by atoms with Gasteiger partial charge in [-0.1, -0.05) is 23.2 Å². The Morgan fingerprint density at radius 3 is 2.59 bits per heavy atom. The lowest BCUT2D eigenvalue weighted by Crippen LogP contribution is -2.25. The lowest BCUT2D eigenvalue weighted by Gasteiger charge is -2.19. The number of hydrogen-bond acceptors (Lipinski definition) is 6. The van der Waals surface area contributed by atoms with Crippen LogP contribution in [0.15, 0.2) is 54.6 Å². The number of hydrogen-bond donors (Lipinski definition) is 2. The van der Waals surface area contributed by atoms with E-state index in [1.54, 1.807) is 0 Å². The number of amides is 2. The Labute approximate surface area is 191 Å². The minimum absolute atomic E-state index is 0.0181. The Bertz CT molecular complexity index is 1250. The summed E-state index contributed by atoms with van der Waals surface area (Å²) in [6.45, 7) is -0.130. The van der Waals surface area contributed by atoms with E-state index in [2.05, 4.69) is 10.6 Å². The molecule has 0 saturated carbocycles. The van der Waals surface area contributed by atoms with Crippen molar-refractivity contribution in [3.63, 3.8) is 0 Å². The van der Waals surface area contributed by atoms with Gasteiger partial charge < -0.3 is 20.1 Å². The van der Waals surface area contributed by atoms with Gasteiger partial charge in [0.15, 0.2) is 6.61 Å². The minimum Gasteiger partial charge on any atom is -0.482 e. The molecular weight excluding hydrogens is 461 g/mol. The number of nitrogens with one attached hydrogen (secondary N) is 2. The fraction of sp³-hybridized carbons (Fsp3) is 0.0476. The van der Waals surface area contributed by atoms with E-state index in [0.29, 0.717) is 28.4 Å². The van der Waals surface area contributed by atoms with Gasteiger partial charge in [-0.25, -0.2) is 0 Å². The van der Waals surface area contributed by atoms with Gasteiger partial charge in [0.1, 0.15) is 11.5 Å². The van der Waals surface area contributed by atoms with Crippen molar-refractivity contribution in [2.24, 2.45) is 0 Å². The molecule has 11 heteroatoms. The van der Waals surface area contributed by atoms with Crippen LogP contribution in [0.4, 0.5) is 17.1 Å². The van der Waals surface area contributed by atoms with Gasteiger partial charge in [0.05, 0.1) is 21.3 Å². The molecule has 0 saturated heterocycles. The summed E-state index contributed by atoms with van der Waals surface area (Å²) in [5.74, 6) is -0.0441. The number of carbonyl (C=O) groups excluding carboxylic acids is 2. The van der Waals surface area contributed by atoms with Crippen LogP contribution < -0.4 is 20.1 Å². The van der Waals surface area contributed by atoms with Crippen LogP contribution in [-0.2, 0) is 4.79 Å². The van der Waals surface area contributed by atoms with Crippen LogP contribution >= 0.6 is 23.2 Å². The van der Waals surface area contributed by atoms with Gasteiger partial charge >= 0.3 is 5.69 Å². The lowest BCUT2D eigenvalue weighted by molar-refractivity contribution is -0.385. The maximum Gasteiger partial charge on any atom is 0.313 e. The molecule has 32 heavy (non-hydrogen) atoms. The van der Waals surface area contributed by atoms with E-state index < -0.39 is 10.8 Å². The van der Waals surface area contributed by atoms with E-state index in [9.17, 15) is 19.7 Å². The highest BCUT2D eigenvalue weighted by Gasteiger charge is 2.20. The van der Waals surface area contributed by atoms with Gasteiger partial charge in [0, 0.05) is 22.7 Å². The molecule has 1 heterocycles. The molecule has 0 aliphatic carbocycles. The quantitative estimate of drug-likeness (QED) is 0.384. The van der Waals surface area contributed by atoms with Crippen molar-refractivity contribution in [3.05, 3.63) is 80.3 Å². The van der Waals surface area contributed by atoms with Crippen LogP contribution in [0.3, 0.4) is 0 Å². The van der Waals surface area contributed by atoms with Crippen molar-refractivity contribution in [3.8, 4) is 17.2 Å². The van der Waals surface area contributed by atoms with E-state index in [1.807, 2.05) is 0 Å². The van der Waals surface area contributed by atoms with Crippen molar-refractivity contribution >= 4 is 52.1 Å². The van der Waals surface area contributed by atoms with Crippen LogP contribution in [0, 0.1) is 10.1 Å². The number of anilines is 2. The Hall–Kier alpha value is -3.82. The van der Waals surface area contributed by atoms with E-state index in [1.165, 1.54) is 54.6 Å². The van der Waals surface area contributed by atoms with E-state index in [-0.39, 0.29) is 34.0 Å². The van der Waals surface area contributed by atoms with Crippen LogP contribution in [0.1, 0.15) is 10.4 Å². The second-order valence-electron chi connectivity index (χ2n) is 6.61. The zero-order valence-corrected chi connectivity index (χ0v) is 17.6. The number of benzene rings is 3. The van der Waals surface area contributed by atoms with Crippen LogP contribution in [0.2, 0.25) is 10.0 Å². The predicted octanol–water partition coefficient (Wildman–Crippen LogP) is 5.28. The largest absolute Gasteiger partial charge is 0.482 e. The normalized spacial score (nSPS) is 12.2. The Balaban J connectivity index is 1.49.